The summed E-state index contributed by atoms with van der Waals surface area (Å²) >= 11 is 0. The normalized spacial score (nSPS) is 27.8. The van der Waals surface area contributed by atoms with Crippen LogP contribution in [0.2, 0.25) is 0 Å². The maximum atomic E-state index is 13.5. The number of rotatable bonds is 3. The van der Waals surface area contributed by atoms with Crippen LogP contribution in [0.25, 0.3) is 5.57 Å². The monoisotopic (exact) mass is 428 g/mol. The largest absolute Gasteiger partial charge is 0.417 e. The summed E-state index contributed by atoms with van der Waals surface area (Å²) in [5.74, 6) is -0.302. The summed E-state index contributed by atoms with van der Waals surface area (Å²) in [5, 5.41) is 11.3. The average Bonchev–Trinajstić information content (AvgIpc) is 3.23. The van der Waals surface area contributed by atoms with E-state index >= 15 is 0 Å². The highest BCUT2D eigenvalue weighted by atomic mass is 19.4. The Balaban J connectivity index is 1.36. The lowest BCUT2D eigenvalue weighted by Crippen LogP contribution is -2.50. The maximum Gasteiger partial charge on any atom is 0.417 e. The molecule has 162 valence electrons. The summed E-state index contributed by atoms with van der Waals surface area (Å²) in [6, 6.07) is 6.54. The molecule has 1 aliphatic carbocycles. The van der Waals surface area contributed by atoms with Gasteiger partial charge in [-0.1, -0.05) is 24.3 Å². The highest BCUT2D eigenvalue weighted by Gasteiger charge is 2.40. The molecular weight excluding hydrogens is 405 g/mol. The number of piperidine rings is 1. The number of hydrogen-bond acceptors (Lipinski definition) is 4. The van der Waals surface area contributed by atoms with E-state index in [1.54, 1.807) is 18.2 Å². The van der Waals surface area contributed by atoms with Gasteiger partial charge in [0.2, 0.25) is 0 Å². The molecule has 1 amide bonds. The number of fused-ring (bicyclic) bond motifs is 3. The van der Waals surface area contributed by atoms with Crippen LogP contribution in [0.4, 0.5) is 13.2 Å². The van der Waals surface area contributed by atoms with Gasteiger partial charge in [-0.3, -0.25) is 4.79 Å². The van der Waals surface area contributed by atoms with E-state index in [9.17, 15) is 18.0 Å². The van der Waals surface area contributed by atoms with Gasteiger partial charge in [0, 0.05) is 30.1 Å². The van der Waals surface area contributed by atoms with Crippen molar-refractivity contribution in [3.63, 3.8) is 0 Å². The predicted octanol–water partition coefficient (Wildman–Crippen LogP) is 3.97. The molecule has 31 heavy (non-hydrogen) atoms. The molecule has 5 rings (SSSR count). The number of alkyl halides is 3. The molecule has 2 unspecified atom stereocenters. The Morgan fingerprint density at radius 3 is 2.55 bits per heavy atom. The van der Waals surface area contributed by atoms with E-state index in [1.807, 2.05) is 0 Å². The van der Waals surface area contributed by atoms with Crippen LogP contribution in [0.5, 0.6) is 0 Å². The van der Waals surface area contributed by atoms with E-state index in [-0.39, 0.29) is 23.2 Å². The molecule has 1 aromatic rings. The number of amides is 1. The summed E-state index contributed by atoms with van der Waals surface area (Å²) in [5.41, 5.74) is 1.16. The molecule has 5 nitrogen and oxygen atoms in total. The van der Waals surface area contributed by atoms with Gasteiger partial charge in [-0.05, 0) is 56.0 Å². The Morgan fingerprint density at radius 1 is 1.13 bits per heavy atom. The first-order chi connectivity index (χ1) is 14.8. The Bertz CT molecular complexity index is 1040. The van der Waals surface area contributed by atoms with Crippen LogP contribution in [0.15, 0.2) is 52.2 Å². The molecule has 2 fully saturated rings. The number of nitrogens with one attached hydrogen (secondary N) is 1. The summed E-state index contributed by atoms with van der Waals surface area (Å²) in [7, 11) is 2.14. The van der Waals surface area contributed by atoms with Gasteiger partial charge in [-0.2, -0.15) is 18.3 Å². The summed E-state index contributed by atoms with van der Waals surface area (Å²) < 4.78 is 40.4. The number of halogens is 3. The molecule has 0 aromatic heterocycles. The first-order valence-electron chi connectivity index (χ1n) is 10.6. The summed E-state index contributed by atoms with van der Waals surface area (Å²) in [4.78, 5) is 15.4. The van der Waals surface area contributed by atoms with Gasteiger partial charge in [-0.15, -0.1) is 5.10 Å². The lowest BCUT2D eigenvalue weighted by molar-refractivity contribution is -0.137. The molecule has 1 N–H and O–H groups in total. The van der Waals surface area contributed by atoms with Gasteiger partial charge >= 0.3 is 6.18 Å². The van der Waals surface area contributed by atoms with Crippen LogP contribution in [-0.2, 0) is 11.0 Å². The zero-order valence-electron chi connectivity index (χ0n) is 17.1. The number of hydrogen-bond donors (Lipinski definition) is 1. The molecule has 3 heterocycles. The standard InChI is InChI=1S/C23H23F3N4O/c1-30-15-7-8-16(30)12-14(11-15)27-22(31)21-18-10-13(6-9-20(18)28-29-21)17-4-2-3-5-19(17)23(24,25)26/h2-6,10,14-16H,7-9,11-12H2,1H3,(H,27,31). The number of allylic oxidation sites excluding steroid dienone is 3. The molecule has 3 aliphatic heterocycles. The van der Waals surface area contributed by atoms with Crippen LogP contribution in [-0.4, -0.2) is 47.4 Å². The van der Waals surface area contributed by atoms with Gasteiger partial charge in [0.1, 0.15) is 0 Å². The molecular formula is C23H23F3N4O. The quantitative estimate of drug-likeness (QED) is 0.792. The highest BCUT2D eigenvalue weighted by Crippen LogP contribution is 2.38. The van der Waals surface area contributed by atoms with Crippen molar-refractivity contribution in [2.24, 2.45) is 10.2 Å². The molecule has 2 bridgehead atoms. The van der Waals surface area contributed by atoms with Crippen LogP contribution in [0.1, 0.15) is 43.2 Å². The van der Waals surface area contributed by atoms with Gasteiger partial charge < -0.3 is 10.2 Å². The smallest absolute Gasteiger partial charge is 0.348 e. The Kier molecular flexibility index (Phi) is 4.84. The number of benzene rings is 1. The Hall–Kier alpha value is -2.74. The molecule has 4 aliphatic rings. The third-order valence-electron chi connectivity index (χ3n) is 6.84. The molecule has 0 saturated carbocycles. The van der Waals surface area contributed by atoms with Crippen LogP contribution in [0, 0.1) is 0 Å². The third-order valence-corrected chi connectivity index (χ3v) is 6.84. The second-order valence-corrected chi connectivity index (χ2v) is 8.65. The van der Waals surface area contributed by atoms with Gasteiger partial charge in [0.25, 0.3) is 5.91 Å². The SMILES string of the molecule is CN1C2CCC1CC(NC(=O)C1=NN=C3CC=C(c4ccccc4C(F)(F)F)C=C31)C2. The zero-order chi connectivity index (χ0) is 21.8. The molecule has 8 heteroatoms. The minimum Gasteiger partial charge on any atom is -0.348 e. The molecule has 1 aromatic carbocycles. The fourth-order valence-corrected chi connectivity index (χ4v) is 5.20. The van der Waals surface area contributed by atoms with E-state index < -0.39 is 11.7 Å². The lowest BCUT2D eigenvalue weighted by atomic mass is 9.88. The molecule has 2 saturated heterocycles. The number of carbonyl (C=O) groups excluding carboxylic acids is 1. The third kappa shape index (κ3) is 3.63. The minimum absolute atomic E-state index is 0.0816. The second kappa shape index (κ2) is 7.44. The lowest BCUT2D eigenvalue weighted by Gasteiger charge is -2.36. The van der Waals surface area contributed by atoms with E-state index in [0.29, 0.717) is 35.4 Å². The fraction of sp³-hybridized carbons (Fsp3) is 0.435. The molecule has 0 spiro atoms. The topological polar surface area (TPSA) is 57.1 Å². The van der Waals surface area contributed by atoms with Crippen LogP contribution < -0.4 is 5.32 Å². The van der Waals surface area contributed by atoms with Crippen molar-refractivity contribution < 1.29 is 18.0 Å². The Morgan fingerprint density at radius 2 is 1.84 bits per heavy atom. The second-order valence-electron chi connectivity index (χ2n) is 8.65. The maximum absolute atomic E-state index is 13.5. The first-order valence-corrected chi connectivity index (χ1v) is 10.6. The van der Waals surface area contributed by atoms with E-state index in [4.69, 9.17) is 0 Å². The minimum atomic E-state index is -4.46. The van der Waals surface area contributed by atoms with E-state index in [0.717, 1.165) is 31.7 Å². The predicted molar refractivity (Wildman–Crippen MR) is 113 cm³/mol. The number of nitrogens with zero attached hydrogens (tertiary/aromatic N) is 3. The zero-order valence-corrected chi connectivity index (χ0v) is 17.1. The van der Waals surface area contributed by atoms with Crippen molar-refractivity contribution in [1.82, 2.24) is 10.2 Å². The molecule has 0 radical (unpaired) electrons. The fourth-order valence-electron chi connectivity index (χ4n) is 5.20. The van der Waals surface area contributed by atoms with Crippen molar-refractivity contribution in [2.45, 2.75) is 56.4 Å². The number of carbonyl (C=O) groups is 1. The van der Waals surface area contributed by atoms with Gasteiger partial charge in [-0.25, -0.2) is 0 Å². The first kappa shape index (κ1) is 20.2. The van der Waals surface area contributed by atoms with Crippen LogP contribution in [0.3, 0.4) is 0 Å². The Labute approximate surface area is 178 Å². The van der Waals surface area contributed by atoms with Crippen molar-refractivity contribution >= 4 is 22.9 Å². The van der Waals surface area contributed by atoms with Gasteiger partial charge in [0.15, 0.2) is 5.71 Å². The summed E-state index contributed by atoms with van der Waals surface area (Å²) in [6.07, 6.45) is 3.31. The van der Waals surface area contributed by atoms with E-state index in [1.165, 1.54) is 12.1 Å². The van der Waals surface area contributed by atoms with Crippen molar-refractivity contribution in [3.8, 4) is 0 Å². The average molecular weight is 428 g/mol. The van der Waals surface area contributed by atoms with Crippen LogP contribution >= 0.6 is 0 Å². The van der Waals surface area contributed by atoms with Crippen molar-refractivity contribution in [2.75, 3.05) is 7.05 Å². The van der Waals surface area contributed by atoms with E-state index in [2.05, 4.69) is 27.5 Å². The highest BCUT2D eigenvalue weighted by molar-refractivity contribution is 6.53. The molecule has 2 atom stereocenters. The van der Waals surface area contributed by atoms with Gasteiger partial charge in [0.05, 0.1) is 11.3 Å². The summed E-state index contributed by atoms with van der Waals surface area (Å²) in [6.45, 7) is 0. The van der Waals surface area contributed by atoms with Crippen molar-refractivity contribution in [3.05, 3.63) is 53.1 Å². The van der Waals surface area contributed by atoms with Crippen molar-refractivity contribution in [1.29, 1.82) is 0 Å².